The molecule has 82 valence electrons. The number of carbonyl (C=O) groups is 1. The first-order valence-corrected chi connectivity index (χ1v) is 4.96. The van der Waals surface area contributed by atoms with Gasteiger partial charge in [0.1, 0.15) is 5.41 Å². The Labute approximate surface area is 93.0 Å². The summed E-state index contributed by atoms with van der Waals surface area (Å²) < 4.78 is 0. The molecular formula is C12H12N2O2. The SMILES string of the molecule is CC(C)(C(=O)O)c1cc2ncccc2cn1. The van der Waals surface area contributed by atoms with E-state index in [0.717, 1.165) is 10.9 Å². The smallest absolute Gasteiger partial charge is 0.315 e. The minimum atomic E-state index is -0.994. The maximum absolute atomic E-state index is 11.1. The molecule has 0 fully saturated rings. The Morgan fingerprint density at radius 1 is 1.38 bits per heavy atom. The fourth-order valence-corrected chi connectivity index (χ4v) is 1.42. The van der Waals surface area contributed by atoms with Crippen LogP contribution in [0.2, 0.25) is 0 Å². The minimum absolute atomic E-state index is 0.520. The summed E-state index contributed by atoms with van der Waals surface area (Å²) in [5.74, 6) is -0.893. The molecule has 0 aliphatic heterocycles. The van der Waals surface area contributed by atoms with Gasteiger partial charge < -0.3 is 5.11 Å². The van der Waals surface area contributed by atoms with Gasteiger partial charge in [0.05, 0.1) is 11.2 Å². The van der Waals surface area contributed by atoms with Crippen molar-refractivity contribution in [2.45, 2.75) is 19.3 Å². The summed E-state index contributed by atoms with van der Waals surface area (Å²) in [6.45, 7) is 3.26. The van der Waals surface area contributed by atoms with Crippen molar-refractivity contribution in [3.05, 3.63) is 36.3 Å². The van der Waals surface area contributed by atoms with Crippen molar-refractivity contribution in [1.82, 2.24) is 9.97 Å². The van der Waals surface area contributed by atoms with Crippen LogP contribution in [0.3, 0.4) is 0 Å². The summed E-state index contributed by atoms with van der Waals surface area (Å²) in [4.78, 5) is 19.5. The van der Waals surface area contributed by atoms with E-state index in [4.69, 9.17) is 5.11 Å². The molecule has 2 heterocycles. The highest BCUT2D eigenvalue weighted by Gasteiger charge is 2.31. The van der Waals surface area contributed by atoms with E-state index >= 15 is 0 Å². The van der Waals surface area contributed by atoms with Crippen LogP contribution in [0.1, 0.15) is 19.5 Å². The van der Waals surface area contributed by atoms with Gasteiger partial charge in [-0.1, -0.05) is 0 Å². The number of carboxylic acids is 1. The average Bonchev–Trinajstić information content (AvgIpc) is 2.28. The summed E-state index contributed by atoms with van der Waals surface area (Å²) >= 11 is 0. The third-order valence-corrected chi connectivity index (χ3v) is 2.66. The summed E-state index contributed by atoms with van der Waals surface area (Å²) in [6, 6.07) is 5.45. The summed E-state index contributed by atoms with van der Waals surface area (Å²) in [6.07, 6.45) is 3.34. The summed E-state index contributed by atoms with van der Waals surface area (Å²) in [5.41, 5.74) is 0.291. The van der Waals surface area contributed by atoms with Gasteiger partial charge in [-0.05, 0) is 32.0 Å². The Hall–Kier alpha value is -1.97. The molecule has 2 aromatic heterocycles. The number of fused-ring (bicyclic) bond motifs is 1. The zero-order chi connectivity index (χ0) is 11.8. The van der Waals surface area contributed by atoms with E-state index in [9.17, 15) is 4.79 Å². The summed E-state index contributed by atoms with van der Waals surface area (Å²) in [5, 5.41) is 10.0. The molecule has 4 nitrogen and oxygen atoms in total. The molecule has 2 aromatic rings. The molecule has 0 aromatic carbocycles. The van der Waals surface area contributed by atoms with Gasteiger partial charge in [0, 0.05) is 17.8 Å². The van der Waals surface area contributed by atoms with Gasteiger partial charge in [-0.3, -0.25) is 14.8 Å². The second kappa shape index (κ2) is 3.56. The first kappa shape index (κ1) is 10.5. The maximum atomic E-state index is 11.1. The van der Waals surface area contributed by atoms with Crippen molar-refractivity contribution < 1.29 is 9.90 Å². The number of hydrogen-bond acceptors (Lipinski definition) is 3. The second-order valence-electron chi connectivity index (χ2n) is 4.20. The van der Waals surface area contributed by atoms with Gasteiger partial charge >= 0.3 is 5.97 Å². The highest BCUT2D eigenvalue weighted by molar-refractivity contribution is 5.83. The van der Waals surface area contributed by atoms with Gasteiger partial charge in [0.25, 0.3) is 0 Å². The van der Waals surface area contributed by atoms with Crippen molar-refractivity contribution in [2.75, 3.05) is 0 Å². The number of hydrogen-bond donors (Lipinski definition) is 1. The van der Waals surface area contributed by atoms with E-state index in [2.05, 4.69) is 9.97 Å². The molecule has 0 unspecified atom stereocenters. The minimum Gasteiger partial charge on any atom is -0.481 e. The molecule has 0 atom stereocenters. The fraction of sp³-hybridized carbons (Fsp3) is 0.250. The van der Waals surface area contributed by atoms with Crippen molar-refractivity contribution >= 4 is 16.9 Å². The summed E-state index contributed by atoms with van der Waals surface area (Å²) in [7, 11) is 0. The lowest BCUT2D eigenvalue weighted by atomic mass is 9.89. The van der Waals surface area contributed by atoms with Crippen LogP contribution < -0.4 is 0 Å². The molecule has 0 saturated carbocycles. The van der Waals surface area contributed by atoms with E-state index in [1.807, 2.05) is 12.1 Å². The van der Waals surface area contributed by atoms with E-state index in [0.29, 0.717) is 5.69 Å². The van der Waals surface area contributed by atoms with Crippen LogP contribution in [0, 0.1) is 0 Å². The highest BCUT2D eigenvalue weighted by atomic mass is 16.4. The van der Waals surface area contributed by atoms with Gasteiger partial charge in [-0.15, -0.1) is 0 Å². The Morgan fingerprint density at radius 2 is 2.12 bits per heavy atom. The number of rotatable bonds is 2. The Balaban J connectivity index is 2.59. The topological polar surface area (TPSA) is 63.1 Å². The molecule has 0 amide bonds. The molecule has 0 bridgehead atoms. The molecule has 0 spiro atoms. The van der Waals surface area contributed by atoms with Crippen molar-refractivity contribution in [2.24, 2.45) is 0 Å². The zero-order valence-corrected chi connectivity index (χ0v) is 9.14. The van der Waals surface area contributed by atoms with E-state index in [-0.39, 0.29) is 0 Å². The maximum Gasteiger partial charge on any atom is 0.315 e. The Morgan fingerprint density at radius 3 is 2.81 bits per heavy atom. The van der Waals surface area contributed by atoms with Crippen LogP contribution >= 0.6 is 0 Å². The Kier molecular flexibility index (Phi) is 2.34. The lowest BCUT2D eigenvalue weighted by Crippen LogP contribution is -2.29. The fourth-order valence-electron chi connectivity index (χ4n) is 1.42. The van der Waals surface area contributed by atoms with Gasteiger partial charge in [-0.25, -0.2) is 0 Å². The normalized spacial score (nSPS) is 11.6. The standard InChI is InChI=1S/C12H12N2O2/c1-12(2,11(15)16)10-6-9-8(7-14-10)4-3-5-13-9/h3-7H,1-2H3,(H,15,16). The molecular weight excluding hydrogens is 204 g/mol. The van der Waals surface area contributed by atoms with Gasteiger partial charge in [-0.2, -0.15) is 0 Å². The number of aliphatic carboxylic acids is 1. The third kappa shape index (κ3) is 1.62. The molecule has 0 aliphatic carbocycles. The zero-order valence-electron chi connectivity index (χ0n) is 9.14. The second-order valence-corrected chi connectivity index (χ2v) is 4.20. The first-order valence-electron chi connectivity index (χ1n) is 4.96. The van der Waals surface area contributed by atoms with Gasteiger partial charge in [0.2, 0.25) is 0 Å². The van der Waals surface area contributed by atoms with Crippen molar-refractivity contribution in [1.29, 1.82) is 0 Å². The monoisotopic (exact) mass is 216 g/mol. The van der Waals surface area contributed by atoms with Crippen LogP contribution in [0.15, 0.2) is 30.6 Å². The van der Waals surface area contributed by atoms with Crippen molar-refractivity contribution in [3.8, 4) is 0 Å². The van der Waals surface area contributed by atoms with Crippen LogP contribution in [-0.2, 0) is 10.2 Å². The Bertz CT molecular complexity index is 549. The molecule has 16 heavy (non-hydrogen) atoms. The van der Waals surface area contributed by atoms with Crippen molar-refractivity contribution in [3.63, 3.8) is 0 Å². The molecule has 0 aliphatic rings. The van der Waals surface area contributed by atoms with E-state index < -0.39 is 11.4 Å². The predicted octanol–water partition coefficient (Wildman–Crippen LogP) is 1.99. The number of nitrogens with zero attached hydrogens (tertiary/aromatic N) is 2. The van der Waals surface area contributed by atoms with Crippen LogP contribution in [-0.4, -0.2) is 21.0 Å². The van der Waals surface area contributed by atoms with E-state index in [1.54, 1.807) is 32.3 Å². The van der Waals surface area contributed by atoms with Crippen LogP contribution in [0.4, 0.5) is 0 Å². The van der Waals surface area contributed by atoms with E-state index in [1.165, 1.54) is 0 Å². The lowest BCUT2D eigenvalue weighted by molar-refractivity contribution is -0.142. The van der Waals surface area contributed by atoms with Crippen LogP contribution in [0.5, 0.6) is 0 Å². The molecule has 1 N–H and O–H groups in total. The lowest BCUT2D eigenvalue weighted by Gasteiger charge is -2.18. The molecule has 2 rings (SSSR count). The number of pyridine rings is 2. The van der Waals surface area contributed by atoms with Gasteiger partial charge in [0.15, 0.2) is 0 Å². The predicted molar refractivity (Wildman–Crippen MR) is 60.2 cm³/mol. The molecule has 0 radical (unpaired) electrons. The highest BCUT2D eigenvalue weighted by Crippen LogP contribution is 2.23. The van der Waals surface area contributed by atoms with Crippen LogP contribution in [0.25, 0.3) is 10.9 Å². The average molecular weight is 216 g/mol. The first-order chi connectivity index (χ1) is 7.51. The quantitative estimate of drug-likeness (QED) is 0.833. The molecule has 0 saturated heterocycles. The third-order valence-electron chi connectivity index (χ3n) is 2.66. The number of carboxylic acid groups (broad SMARTS) is 1. The number of aromatic nitrogens is 2. The largest absolute Gasteiger partial charge is 0.481 e. The molecule has 4 heteroatoms.